The number of hydroxylamine groups is 2. The van der Waals surface area contributed by atoms with E-state index in [1.54, 1.807) is 23.5 Å². The molecule has 9 heteroatoms. The maximum Gasteiger partial charge on any atom is 0.385 e. The third-order valence-corrected chi connectivity index (χ3v) is 4.44. The van der Waals surface area contributed by atoms with E-state index in [1.165, 1.54) is 23.0 Å². The number of carbonyl (C=O) groups excluding carboxylic acids is 3. The third-order valence-electron chi connectivity index (χ3n) is 3.58. The van der Waals surface area contributed by atoms with Crippen LogP contribution in [0.15, 0.2) is 48.0 Å². The van der Waals surface area contributed by atoms with Gasteiger partial charge < -0.3 is 4.84 Å². The summed E-state index contributed by atoms with van der Waals surface area (Å²) in [6.45, 7) is 0.463. The predicted octanol–water partition coefficient (Wildman–Crippen LogP) is 1.76. The Hall–Kier alpha value is -3.33. The fourth-order valence-corrected chi connectivity index (χ4v) is 3.11. The molecule has 0 saturated carbocycles. The average molecular weight is 354 g/mol. The molecule has 2 amide bonds. The summed E-state index contributed by atoms with van der Waals surface area (Å²) >= 11 is 1.55. The first-order valence-corrected chi connectivity index (χ1v) is 8.14. The van der Waals surface area contributed by atoms with Crippen molar-refractivity contribution >= 4 is 29.1 Å². The molecule has 0 radical (unpaired) electrons. The number of fused-ring (bicyclic) bond motifs is 1. The molecule has 3 heterocycles. The smallest absolute Gasteiger partial charge is 0.322 e. The number of imide groups is 1. The molecule has 0 bridgehead atoms. The molecule has 0 unspecified atom stereocenters. The summed E-state index contributed by atoms with van der Waals surface area (Å²) in [5, 5.41) is 9.96. The van der Waals surface area contributed by atoms with Crippen molar-refractivity contribution in [1.29, 1.82) is 0 Å². The van der Waals surface area contributed by atoms with Gasteiger partial charge in [-0.2, -0.15) is 0 Å². The molecule has 1 aliphatic rings. The maximum absolute atomic E-state index is 12.2. The normalized spacial score (nSPS) is 13.2. The lowest BCUT2D eigenvalue weighted by Crippen LogP contribution is -2.32. The molecule has 0 fully saturated rings. The number of nitrogens with zero attached hydrogens (tertiary/aromatic N) is 4. The highest BCUT2D eigenvalue weighted by Gasteiger charge is 2.39. The summed E-state index contributed by atoms with van der Waals surface area (Å²) in [6.07, 6.45) is 1.40. The molecule has 0 atom stereocenters. The highest BCUT2D eigenvalue weighted by atomic mass is 32.1. The highest BCUT2D eigenvalue weighted by Crippen LogP contribution is 2.23. The average Bonchev–Trinajstić information content (AvgIpc) is 3.34. The van der Waals surface area contributed by atoms with Crippen LogP contribution in [0.2, 0.25) is 0 Å². The lowest BCUT2D eigenvalue weighted by molar-refractivity contribution is -0.0588. The van der Waals surface area contributed by atoms with E-state index in [9.17, 15) is 14.4 Å². The van der Waals surface area contributed by atoms with Gasteiger partial charge in [0.15, 0.2) is 5.69 Å². The summed E-state index contributed by atoms with van der Waals surface area (Å²) in [5.41, 5.74) is 0.302. The molecule has 1 aromatic carbocycles. The summed E-state index contributed by atoms with van der Waals surface area (Å²) in [4.78, 5) is 42.5. The monoisotopic (exact) mass is 354 g/mol. The van der Waals surface area contributed by atoms with Crippen molar-refractivity contribution in [3.05, 3.63) is 69.7 Å². The number of aromatic nitrogens is 3. The number of thiophene rings is 1. The van der Waals surface area contributed by atoms with E-state index < -0.39 is 17.8 Å². The first kappa shape index (κ1) is 15.2. The van der Waals surface area contributed by atoms with Gasteiger partial charge >= 0.3 is 5.97 Å². The van der Waals surface area contributed by atoms with Crippen molar-refractivity contribution in [1.82, 2.24) is 20.1 Å². The molecular weight excluding hydrogens is 344 g/mol. The Kier molecular flexibility index (Phi) is 3.62. The van der Waals surface area contributed by atoms with Gasteiger partial charge in [-0.25, -0.2) is 9.48 Å². The van der Waals surface area contributed by atoms with Crippen LogP contribution in [0.5, 0.6) is 0 Å². The van der Waals surface area contributed by atoms with Gasteiger partial charge in [0.25, 0.3) is 11.8 Å². The van der Waals surface area contributed by atoms with Crippen LogP contribution >= 0.6 is 11.3 Å². The van der Waals surface area contributed by atoms with Crippen molar-refractivity contribution in [3.8, 4) is 0 Å². The van der Waals surface area contributed by atoms with Gasteiger partial charge in [0.2, 0.25) is 0 Å². The van der Waals surface area contributed by atoms with E-state index in [2.05, 4.69) is 10.3 Å². The Balaban J connectivity index is 1.49. The molecular formula is C16H10N4O4S. The van der Waals surface area contributed by atoms with Crippen molar-refractivity contribution in [2.75, 3.05) is 0 Å². The molecule has 0 aliphatic carbocycles. The van der Waals surface area contributed by atoms with Crippen LogP contribution in [0, 0.1) is 0 Å². The predicted molar refractivity (Wildman–Crippen MR) is 85.8 cm³/mol. The molecule has 2 aromatic heterocycles. The minimum atomic E-state index is -0.924. The summed E-state index contributed by atoms with van der Waals surface area (Å²) in [7, 11) is 0. The van der Waals surface area contributed by atoms with Crippen molar-refractivity contribution in [2.45, 2.75) is 6.54 Å². The molecule has 124 valence electrons. The number of rotatable bonds is 4. The molecule has 0 saturated heterocycles. The Morgan fingerprint density at radius 2 is 1.80 bits per heavy atom. The highest BCUT2D eigenvalue weighted by molar-refractivity contribution is 7.09. The number of benzene rings is 1. The summed E-state index contributed by atoms with van der Waals surface area (Å²) in [5.74, 6) is -2.29. The van der Waals surface area contributed by atoms with Gasteiger partial charge in [-0.15, -0.1) is 16.4 Å². The van der Waals surface area contributed by atoms with Crippen molar-refractivity contribution in [3.63, 3.8) is 0 Å². The Morgan fingerprint density at radius 1 is 1.08 bits per heavy atom. The first-order valence-electron chi connectivity index (χ1n) is 7.26. The minimum absolute atomic E-state index is 0.0897. The van der Waals surface area contributed by atoms with Crippen LogP contribution in [0.4, 0.5) is 0 Å². The number of hydrogen-bond donors (Lipinski definition) is 0. The van der Waals surface area contributed by atoms with Gasteiger partial charge in [-0.3, -0.25) is 9.59 Å². The number of amides is 2. The zero-order valence-electron chi connectivity index (χ0n) is 12.7. The molecule has 0 spiro atoms. The van der Waals surface area contributed by atoms with Crippen LogP contribution in [0.3, 0.4) is 0 Å². The topological polar surface area (TPSA) is 94.4 Å². The molecule has 4 rings (SSSR count). The van der Waals surface area contributed by atoms with Crippen LogP contribution in [-0.4, -0.2) is 37.8 Å². The minimum Gasteiger partial charge on any atom is -0.322 e. The van der Waals surface area contributed by atoms with Gasteiger partial charge in [-0.1, -0.05) is 28.5 Å². The SMILES string of the molecule is O=C(ON1C(=O)c2ccccc2C1=O)c1cn(Cc2cccs2)nn1. The van der Waals surface area contributed by atoms with E-state index in [-0.39, 0.29) is 16.8 Å². The second-order valence-electron chi connectivity index (χ2n) is 5.21. The lowest BCUT2D eigenvalue weighted by Gasteiger charge is -2.11. The molecule has 25 heavy (non-hydrogen) atoms. The quantitative estimate of drug-likeness (QED) is 0.663. The van der Waals surface area contributed by atoms with Crippen LogP contribution in [-0.2, 0) is 11.4 Å². The number of carbonyl (C=O) groups is 3. The Morgan fingerprint density at radius 3 is 2.44 bits per heavy atom. The third kappa shape index (κ3) is 2.70. The lowest BCUT2D eigenvalue weighted by atomic mass is 10.1. The number of hydrogen-bond acceptors (Lipinski definition) is 7. The Bertz CT molecular complexity index is 945. The second kappa shape index (κ2) is 5.95. The van der Waals surface area contributed by atoms with Gasteiger partial charge in [0.05, 0.1) is 23.9 Å². The van der Waals surface area contributed by atoms with E-state index in [0.29, 0.717) is 11.6 Å². The fraction of sp³-hybridized carbons (Fsp3) is 0.0625. The largest absolute Gasteiger partial charge is 0.385 e. The van der Waals surface area contributed by atoms with Crippen molar-refractivity contribution < 1.29 is 19.2 Å². The molecule has 0 N–H and O–H groups in total. The standard InChI is InChI=1S/C16H10N4O4S/c21-14-11-5-1-2-6-12(11)15(22)20(14)24-16(23)13-9-19(18-17-13)8-10-4-3-7-25-10/h1-7,9H,8H2. The van der Waals surface area contributed by atoms with Gasteiger partial charge in [0.1, 0.15) is 0 Å². The fourth-order valence-electron chi connectivity index (χ4n) is 2.41. The van der Waals surface area contributed by atoms with Crippen LogP contribution < -0.4 is 0 Å². The molecule has 8 nitrogen and oxygen atoms in total. The zero-order chi connectivity index (χ0) is 17.4. The summed E-state index contributed by atoms with van der Waals surface area (Å²) < 4.78 is 1.48. The Labute approximate surface area is 145 Å². The van der Waals surface area contributed by atoms with E-state index in [0.717, 1.165) is 4.88 Å². The molecule has 3 aromatic rings. The zero-order valence-corrected chi connectivity index (χ0v) is 13.5. The van der Waals surface area contributed by atoms with E-state index in [4.69, 9.17) is 4.84 Å². The van der Waals surface area contributed by atoms with E-state index >= 15 is 0 Å². The molecule has 1 aliphatic heterocycles. The maximum atomic E-state index is 12.2. The second-order valence-corrected chi connectivity index (χ2v) is 6.24. The van der Waals surface area contributed by atoms with Gasteiger partial charge in [0, 0.05) is 4.88 Å². The van der Waals surface area contributed by atoms with Gasteiger partial charge in [-0.05, 0) is 23.6 Å². The van der Waals surface area contributed by atoms with E-state index in [1.807, 2.05) is 17.5 Å². The summed E-state index contributed by atoms with van der Waals surface area (Å²) in [6, 6.07) is 10.1. The van der Waals surface area contributed by atoms with Crippen molar-refractivity contribution in [2.24, 2.45) is 0 Å². The van der Waals surface area contributed by atoms with Crippen LogP contribution in [0.25, 0.3) is 0 Å². The van der Waals surface area contributed by atoms with Crippen LogP contribution in [0.1, 0.15) is 36.1 Å². The first-order chi connectivity index (χ1) is 12.1.